The van der Waals surface area contributed by atoms with Gasteiger partial charge in [0.25, 0.3) is 0 Å². The quantitative estimate of drug-likeness (QED) is 0.377. The summed E-state index contributed by atoms with van der Waals surface area (Å²) in [6.45, 7) is 2.35. The predicted octanol–water partition coefficient (Wildman–Crippen LogP) is 1.52. The van der Waals surface area contributed by atoms with Crippen molar-refractivity contribution < 1.29 is 9.82 Å². The van der Waals surface area contributed by atoms with Crippen LogP contribution in [0.25, 0.3) is 0 Å². The van der Waals surface area contributed by atoms with Gasteiger partial charge >= 0.3 is 5.84 Å². The average Bonchev–Trinajstić information content (AvgIpc) is 2.44. The molecule has 108 valence electrons. The lowest BCUT2D eigenvalue weighted by Crippen LogP contribution is -3.13. The van der Waals surface area contributed by atoms with Crippen LogP contribution < -0.4 is 10.3 Å². The summed E-state index contributed by atoms with van der Waals surface area (Å²) < 4.78 is 0.905. The second-order valence-corrected chi connectivity index (χ2v) is 5.81. The molecule has 0 radical (unpaired) electrons. The highest BCUT2D eigenvalue weighted by molar-refractivity contribution is 9.10. The maximum Gasteiger partial charge on any atom is 0.418 e. The van der Waals surface area contributed by atoms with Gasteiger partial charge in [-0.15, -0.1) is 0 Å². The predicted molar refractivity (Wildman–Crippen MR) is 81.6 cm³/mol. The van der Waals surface area contributed by atoms with Crippen molar-refractivity contribution in [3.05, 3.63) is 38.9 Å². The van der Waals surface area contributed by atoms with Crippen molar-refractivity contribution in [1.82, 2.24) is 0 Å². The number of amidine groups is 1. The lowest BCUT2D eigenvalue weighted by molar-refractivity contribution is -0.898. The van der Waals surface area contributed by atoms with Crippen LogP contribution in [0.4, 0.5) is 5.69 Å². The second kappa shape index (κ2) is 7.35. The Morgan fingerprint density at radius 2 is 2.15 bits per heavy atom. The van der Waals surface area contributed by atoms with Crippen LogP contribution >= 0.6 is 15.9 Å². The Balaban J connectivity index is 2.00. The van der Waals surface area contributed by atoms with Gasteiger partial charge in [-0.3, -0.25) is 0 Å². The van der Waals surface area contributed by atoms with Gasteiger partial charge in [-0.25, -0.2) is 0 Å². The van der Waals surface area contributed by atoms with E-state index in [1.807, 2.05) is 24.3 Å². The molecule has 0 amide bonds. The summed E-state index contributed by atoms with van der Waals surface area (Å²) in [5.74, 6) is -0.0122. The molecule has 0 atom stereocenters. The molecule has 0 unspecified atom stereocenters. The molecular formula is C13H18BrN4O2+. The molecule has 7 heteroatoms. The first kappa shape index (κ1) is 14.9. The topological polar surface area (TPSA) is 72.0 Å². The van der Waals surface area contributed by atoms with E-state index in [0.29, 0.717) is 6.54 Å². The number of hydrazone groups is 1. The highest BCUT2D eigenvalue weighted by Gasteiger charge is 2.23. The van der Waals surface area contributed by atoms with Gasteiger partial charge in [-0.05, 0) is 42.4 Å². The summed E-state index contributed by atoms with van der Waals surface area (Å²) in [6, 6.07) is 7.39. The van der Waals surface area contributed by atoms with Gasteiger partial charge in [0, 0.05) is 4.47 Å². The zero-order valence-electron chi connectivity index (χ0n) is 11.1. The van der Waals surface area contributed by atoms with Crippen LogP contribution in [0.5, 0.6) is 0 Å². The Bertz CT molecular complexity index is 501. The molecule has 1 fully saturated rings. The Morgan fingerprint density at radius 3 is 2.80 bits per heavy atom. The molecule has 0 saturated carbocycles. The third kappa shape index (κ3) is 4.57. The molecule has 0 aliphatic carbocycles. The number of hydrogen-bond acceptors (Lipinski definition) is 4. The van der Waals surface area contributed by atoms with Crippen molar-refractivity contribution in [2.24, 2.45) is 5.10 Å². The minimum atomic E-state index is -0.396. The maximum atomic E-state index is 11.1. The highest BCUT2D eigenvalue weighted by atomic mass is 79.9. The van der Waals surface area contributed by atoms with Crippen LogP contribution in [-0.4, -0.2) is 30.4 Å². The van der Waals surface area contributed by atoms with Gasteiger partial charge in [0.2, 0.25) is 0 Å². The van der Waals surface area contributed by atoms with Crippen LogP contribution in [-0.2, 0) is 0 Å². The molecule has 1 aromatic rings. The number of nitrogens with zero attached hydrogens (tertiary/aromatic N) is 2. The number of piperidine rings is 1. The summed E-state index contributed by atoms with van der Waals surface area (Å²) in [4.78, 5) is 11.9. The van der Waals surface area contributed by atoms with Crippen LogP contribution in [0, 0.1) is 10.1 Å². The third-order valence-corrected chi connectivity index (χ3v) is 3.81. The van der Waals surface area contributed by atoms with E-state index in [-0.39, 0.29) is 5.84 Å². The van der Waals surface area contributed by atoms with Gasteiger partial charge in [0.05, 0.1) is 23.9 Å². The van der Waals surface area contributed by atoms with Crippen molar-refractivity contribution in [1.29, 1.82) is 0 Å². The van der Waals surface area contributed by atoms with Gasteiger partial charge in [-0.2, -0.15) is 5.43 Å². The number of hydrogen-bond donors (Lipinski definition) is 2. The number of likely N-dealkylation sites (tertiary alicyclic amines) is 1. The van der Waals surface area contributed by atoms with Crippen LogP contribution in [0.3, 0.4) is 0 Å². The molecular weight excluding hydrogens is 324 g/mol. The number of nitro groups is 1. The van der Waals surface area contributed by atoms with Crippen LogP contribution in [0.1, 0.15) is 19.3 Å². The SMILES string of the molecule is O=[N+]([O-])/C(C[NH+]1CCCCC1)=N/Nc1cccc(Br)c1. The number of benzene rings is 1. The normalized spacial score (nSPS) is 16.9. The molecule has 1 saturated heterocycles. The number of halogens is 1. The van der Waals surface area contributed by atoms with E-state index >= 15 is 0 Å². The van der Waals surface area contributed by atoms with Gasteiger partial charge < -0.3 is 15.0 Å². The zero-order chi connectivity index (χ0) is 14.4. The summed E-state index contributed by atoms with van der Waals surface area (Å²) in [5.41, 5.74) is 3.49. The standard InChI is InChI=1S/C13H17BrN4O2/c14-11-5-4-6-12(9-11)15-16-13(18(19)20)10-17-7-2-1-3-8-17/h4-6,9,15H,1-3,7-8,10H2/p+1/b16-13+. The van der Waals surface area contributed by atoms with E-state index in [1.165, 1.54) is 11.3 Å². The van der Waals surface area contributed by atoms with E-state index in [2.05, 4.69) is 26.5 Å². The number of rotatable bonds is 4. The minimum absolute atomic E-state index is 0.0122. The van der Waals surface area contributed by atoms with Crippen LogP contribution in [0.15, 0.2) is 33.8 Å². The Morgan fingerprint density at radius 1 is 1.40 bits per heavy atom. The number of quaternary nitrogens is 1. The first-order valence-corrected chi connectivity index (χ1v) is 7.50. The average molecular weight is 342 g/mol. The molecule has 1 heterocycles. The maximum absolute atomic E-state index is 11.1. The highest BCUT2D eigenvalue weighted by Crippen LogP contribution is 2.15. The van der Waals surface area contributed by atoms with Crippen molar-refractivity contribution in [3.63, 3.8) is 0 Å². The van der Waals surface area contributed by atoms with Crippen molar-refractivity contribution >= 4 is 27.5 Å². The third-order valence-electron chi connectivity index (χ3n) is 3.32. The second-order valence-electron chi connectivity index (χ2n) is 4.89. The van der Waals surface area contributed by atoms with Crippen molar-refractivity contribution in [3.8, 4) is 0 Å². The lowest BCUT2D eigenvalue weighted by atomic mass is 10.1. The van der Waals surface area contributed by atoms with Crippen molar-refractivity contribution in [2.75, 3.05) is 25.1 Å². The van der Waals surface area contributed by atoms with Crippen LogP contribution in [0.2, 0.25) is 0 Å². The first-order valence-electron chi connectivity index (χ1n) is 6.71. The van der Waals surface area contributed by atoms with Gasteiger partial charge in [-0.1, -0.05) is 22.0 Å². The molecule has 2 N–H and O–H groups in total. The van der Waals surface area contributed by atoms with E-state index in [1.54, 1.807) is 0 Å². The number of anilines is 1. The fourth-order valence-electron chi connectivity index (χ4n) is 2.28. The molecule has 2 rings (SSSR count). The van der Waals surface area contributed by atoms with E-state index < -0.39 is 4.92 Å². The van der Waals surface area contributed by atoms with Crippen molar-refractivity contribution in [2.45, 2.75) is 19.3 Å². The zero-order valence-corrected chi connectivity index (χ0v) is 12.7. The fraction of sp³-hybridized carbons (Fsp3) is 0.462. The largest absolute Gasteiger partial charge is 0.418 e. The molecule has 1 aromatic carbocycles. The Hall–Kier alpha value is -1.47. The van der Waals surface area contributed by atoms with E-state index in [9.17, 15) is 10.1 Å². The summed E-state index contributed by atoms with van der Waals surface area (Å²) in [7, 11) is 0. The van der Waals surface area contributed by atoms with Gasteiger partial charge in [0.15, 0.2) is 6.54 Å². The van der Waals surface area contributed by atoms with E-state index in [0.717, 1.165) is 36.1 Å². The van der Waals surface area contributed by atoms with Gasteiger partial charge in [0.1, 0.15) is 0 Å². The summed E-state index contributed by atoms with van der Waals surface area (Å²) in [5, 5.41) is 15.0. The molecule has 1 aliphatic heterocycles. The number of nitrogens with one attached hydrogen (secondary N) is 2. The summed E-state index contributed by atoms with van der Waals surface area (Å²) in [6.07, 6.45) is 3.50. The minimum Gasteiger partial charge on any atom is -0.358 e. The molecule has 0 bridgehead atoms. The molecule has 6 nitrogen and oxygen atoms in total. The van der Waals surface area contributed by atoms with E-state index in [4.69, 9.17) is 0 Å². The fourth-order valence-corrected chi connectivity index (χ4v) is 2.68. The Labute approximate surface area is 126 Å². The monoisotopic (exact) mass is 341 g/mol. The molecule has 0 aromatic heterocycles. The molecule has 0 spiro atoms. The first-order chi connectivity index (χ1) is 9.65. The smallest absolute Gasteiger partial charge is 0.358 e. The lowest BCUT2D eigenvalue weighted by Gasteiger charge is -2.21. The summed E-state index contributed by atoms with van der Waals surface area (Å²) >= 11 is 3.35. The molecule has 20 heavy (non-hydrogen) atoms. The Kier molecular flexibility index (Phi) is 5.49. The molecule has 1 aliphatic rings.